The van der Waals surface area contributed by atoms with Gasteiger partial charge in [0.1, 0.15) is 11.9 Å². The summed E-state index contributed by atoms with van der Waals surface area (Å²) in [6.07, 6.45) is -0.956. The summed E-state index contributed by atoms with van der Waals surface area (Å²) in [5, 5.41) is 9.81. The number of hydrogen-bond acceptors (Lipinski definition) is 3. The van der Waals surface area contributed by atoms with E-state index in [-0.39, 0.29) is 17.7 Å². The van der Waals surface area contributed by atoms with Crippen molar-refractivity contribution in [2.45, 2.75) is 44.4 Å². The Kier molecular flexibility index (Phi) is 5.66. The third kappa shape index (κ3) is 4.57. The molecule has 1 saturated carbocycles. The molecule has 3 aromatic rings. The molecule has 1 N–H and O–H groups in total. The molecule has 0 saturated heterocycles. The minimum Gasteiger partial charge on any atom is -0.322 e. The summed E-state index contributed by atoms with van der Waals surface area (Å²) in [7, 11) is 0. The number of nitrogens with zero attached hydrogens (tertiary/aromatic N) is 4. The SMILES string of the molecule is CC(C(=O)Nc1cnn(Cc2c(F)cc(F)c(F)c2F)c1)n1nc(C(F)(F)F)cc1C1CC1. The third-order valence-corrected chi connectivity index (χ3v) is 5.23. The summed E-state index contributed by atoms with van der Waals surface area (Å²) >= 11 is 0. The van der Waals surface area contributed by atoms with Crippen LogP contribution in [0.1, 0.15) is 48.7 Å². The fraction of sp³-hybridized carbons (Fsp3) is 0.350. The first-order valence-corrected chi connectivity index (χ1v) is 9.77. The lowest BCUT2D eigenvalue weighted by Gasteiger charge is -2.15. The summed E-state index contributed by atoms with van der Waals surface area (Å²) in [5.74, 6) is -7.31. The van der Waals surface area contributed by atoms with E-state index in [0.29, 0.717) is 18.5 Å². The summed E-state index contributed by atoms with van der Waals surface area (Å²) in [6.45, 7) is 0.783. The van der Waals surface area contributed by atoms with Gasteiger partial charge in [0.15, 0.2) is 23.1 Å². The molecule has 1 aromatic carbocycles. The number of nitrogens with one attached hydrogen (secondary N) is 1. The van der Waals surface area contributed by atoms with E-state index in [9.17, 15) is 35.5 Å². The molecule has 1 aliphatic rings. The number of halogens is 7. The summed E-state index contributed by atoms with van der Waals surface area (Å²) in [4.78, 5) is 12.6. The van der Waals surface area contributed by atoms with Gasteiger partial charge in [0.25, 0.3) is 0 Å². The molecule has 33 heavy (non-hydrogen) atoms. The third-order valence-electron chi connectivity index (χ3n) is 5.23. The van der Waals surface area contributed by atoms with Gasteiger partial charge < -0.3 is 5.32 Å². The molecule has 0 spiro atoms. The van der Waals surface area contributed by atoms with E-state index in [2.05, 4.69) is 15.5 Å². The maximum atomic E-state index is 13.9. The first-order valence-electron chi connectivity index (χ1n) is 9.77. The van der Waals surface area contributed by atoms with Crippen LogP contribution in [0.5, 0.6) is 0 Å². The Morgan fingerprint density at radius 2 is 1.85 bits per heavy atom. The molecule has 0 radical (unpaired) electrons. The van der Waals surface area contributed by atoms with E-state index < -0.39 is 59.2 Å². The first kappa shape index (κ1) is 22.8. The van der Waals surface area contributed by atoms with Crippen molar-refractivity contribution < 1.29 is 35.5 Å². The number of carbonyl (C=O) groups is 1. The topological polar surface area (TPSA) is 64.7 Å². The maximum absolute atomic E-state index is 13.9. The van der Waals surface area contributed by atoms with Gasteiger partial charge in [-0.25, -0.2) is 17.6 Å². The van der Waals surface area contributed by atoms with Crippen molar-refractivity contribution in [1.82, 2.24) is 19.6 Å². The van der Waals surface area contributed by atoms with Gasteiger partial charge in [0.05, 0.1) is 18.4 Å². The number of anilines is 1. The molecule has 1 unspecified atom stereocenters. The van der Waals surface area contributed by atoms with Crippen molar-refractivity contribution in [3.63, 3.8) is 0 Å². The van der Waals surface area contributed by atoms with E-state index >= 15 is 0 Å². The maximum Gasteiger partial charge on any atom is 0.435 e. The number of carbonyl (C=O) groups excluding carboxylic acids is 1. The predicted octanol–water partition coefficient (Wildman–Crippen LogP) is 4.78. The van der Waals surface area contributed by atoms with E-state index in [1.165, 1.54) is 13.1 Å². The lowest BCUT2D eigenvalue weighted by Crippen LogP contribution is -2.26. The van der Waals surface area contributed by atoms with Crippen molar-refractivity contribution in [2.75, 3.05) is 5.32 Å². The highest BCUT2D eigenvalue weighted by Gasteiger charge is 2.39. The number of aromatic nitrogens is 4. The number of amides is 1. The molecule has 13 heteroatoms. The standard InChI is InChI=1S/C20H16F7N5O/c1-9(32-15(10-2-3-10)5-16(30-32)20(25,26)27)19(33)29-11-6-28-31(7-11)8-12-13(21)4-14(22)18(24)17(12)23/h4-7,9-10H,2-3,8H2,1H3,(H,29,33). The Hall–Kier alpha value is -3.38. The first-order chi connectivity index (χ1) is 15.5. The molecular weight excluding hydrogens is 459 g/mol. The molecule has 0 bridgehead atoms. The van der Waals surface area contributed by atoms with E-state index in [1.54, 1.807) is 0 Å². The van der Waals surface area contributed by atoms with Crippen LogP contribution < -0.4 is 5.32 Å². The minimum atomic E-state index is -4.66. The van der Waals surface area contributed by atoms with E-state index in [0.717, 1.165) is 21.6 Å². The van der Waals surface area contributed by atoms with Gasteiger partial charge in [-0.1, -0.05) is 0 Å². The van der Waals surface area contributed by atoms with Crippen molar-refractivity contribution >= 4 is 11.6 Å². The number of rotatable bonds is 6. The van der Waals surface area contributed by atoms with Crippen molar-refractivity contribution in [3.05, 3.63) is 64.7 Å². The Morgan fingerprint density at radius 3 is 2.48 bits per heavy atom. The van der Waals surface area contributed by atoms with Crippen LogP contribution >= 0.6 is 0 Å². The molecule has 1 fully saturated rings. The second-order valence-electron chi connectivity index (χ2n) is 7.71. The Bertz CT molecular complexity index is 1210. The van der Waals surface area contributed by atoms with Crippen LogP contribution in [0.2, 0.25) is 0 Å². The molecule has 2 heterocycles. The summed E-state index contributed by atoms with van der Waals surface area (Å²) in [6, 6.07) is 0.0454. The lowest BCUT2D eigenvalue weighted by atomic mass is 10.2. The quantitative estimate of drug-likeness (QED) is 0.317. The van der Waals surface area contributed by atoms with Gasteiger partial charge in [-0.2, -0.15) is 23.4 Å². The smallest absolute Gasteiger partial charge is 0.322 e. The van der Waals surface area contributed by atoms with Crippen LogP contribution in [-0.4, -0.2) is 25.5 Å². The van der Waals surface area contributed by atoms with Crippen molar-refractivity contribution in [1.29, 1.82) is 0 Å². The molecule has 1 amide bonds. The second-order valence-corrected chi connectivity index (χ2v) is 7.71. The molecule has 4 rings (SSSR count). The predicted molar refractivity (Wildman–Crippen MR) is 100 cm³/mol. The second kappa shape index (κ2) is 8.19. The molecule has 1 aliphatic carbocycles. The summed E-state index contributed by atoms with van der Waals surface area (Å²) < 4.78 is 95.4. The van der Waals surface area contributed by atoms with Crippen LogP contribution in [0.15, 0.2) is 24.5 Å². The highest BCUT2D eigenvalue weighted by molar-refractivity contribution is 5.93. The van der Waals surface area contributed by atoms with Gasteiger partial charge in [-0.15, -0.1) is 0 Å². The van der Waals surface area contributed by atoms with Gasteiger partial charge in [-0.3, -0.25) is 14.2 Å². The highest BCUT2D eigenvalue weighted by atomic mass is 19.4. The molecule has 6 nitrogen and oxygen atoms in total. The van der Waals surface area contributed by atoms with Crippen LogP contribution in [0, 0.1) is 23.3 Å². The molecular formula is C20H16F7N5O. The highest BCUT2D eigenvalue weighted by Crippen LogP contribution is 2.43. The fourth-order valence-corrected chi connectivity index (χ4v) is 3.32. The van der Waals surface area contributed by atoms with Gasteiger partial charge in [-0.05, 0) is 25.8 Å². The Morgan fingerprint density at radius 1 is 1.15 bits per heavy atom. The van der Waals surface area contributed by atoms with Crippen molar-refractivity contribution in [2.24, 2.45) is 0 Å². The Balaban J connectivity index is 1.50. The number of alkyl halides is 3. The van der Waals surface area contributed by atoms with Crippen LogP contribution in [0.4, 0.5) is 36.4 Å². The van der Waals surface area contributed by atoms with Crippen molar-refractivity contribution in [3.8, 4) is 0 Å². The van der Waals surface area contributed by atoms with Gasteiger partial charge >= 0.3 is 6.18 Å². The molecule has 2 aromatic heterocycles. The van der Waals surface area contributed by atoms with E-state index in [1.807, 2.05) is 0 Å². The molecule has 176 valence electrons. The van der Waals surface area contributed by atoms with Crippen LogP contribution in [-0.2, 0) is 17.5 Å². The van der Waals surface area contributed by atoms with Crippen LogP contribution in [0.3, 0.4) is 0 Å². The number of hydrogen-bond donors (Lipinski definition) is 1. The normalized spacial score (nSPS) is 15.0. The molecule has 0 aliphatic heterocycles. The fourth-order valence-electron chi connectivity index (χ4n) is 3.32. The largest absolute Gasteiger partial charge is 0.435 e. The number of benzene rings is 1. The zero-order valence-electron chi connectivity index (χ0n) is 16.9. The Labute approximate surface area is 182 Å². The zero-order valence-corrected chi connectivity index (χ0v) is 16.9. The van der Waals surface area contributed by atoms with E-state index in [4.69, 9.17) is 0 Å². The average molecular weight is 475 g/mol. The zero-order chi connectivity index (χ0) is 24.1. The monoisotopic (exact) mass is 475 g/mol. The van der Waals surface area contributed by atoms with Gasteiger partial charge in [0, 0.05) is 29.4 Å². The lowest BCUT2D eigenvalue weighted by molar-refractivity contribution is -0.141. The minimum absolute atomic E-state index is 0.0754. The summed E-state index contributed by atoms with van der Waals surface area (Å²) in [5.41, 5.74) is -1.47. The average Bonchev–Trinajstić information content (AvgIpc) is 3.32. The van der Waals surface area contributed by atoms with Gasteiger partial charge in [0.2, 0.25) is 5.91 Å². The molecule has 1 atom stereocenters. The van der Waals surface area contributed by atoms with Crippen LogP contribution in [0.25, 0.3) is 0 Å².